The fourth-order valence-electron chi connectivity index (χ4n) is 1.13. The number of aromatic nitrogens is 3. The van der Waals surface area contributed by atoms with Gasteiger partial charge in [0.2, 0.25) is 0 Å². The molecule has 0 saturated carbocycles. The summed E-state index contributed by atoms with van der Waals surface area (Å²) in [7, 11) is 1.66. The van der Waals surface area contributed by atoms with E-state index in [0.29, 0.717) is 11.0 Å². The lowest BCUT2D eigenvalue weighted by Crippen LogP contribution is -2.17. The first-order valence-electron chi connectivity index (χ1n) is 3.48. The number of nitrogen functional groups attached to an aromatic ring is 1. The quantitative estimate of drug-likeness (QED) is 0.531. The first-order chi connectivity index (χ1) is 5.70. The fraction of sp³-hybridized carbons (Fsp3) is 0.143. The van der Waals surface area contributed by atoms with E-state index in [1.165, 1.54) is 15.6 Å². The van der Waals surface area contributed by atoms with Crippen LogP contribution in [-0.2, 0) is 7.05 Å². The van der Waals surface area contributed by atoms with Gasteiger partial charge >= 0.3 is 0 Å². The highest BCUT2D eigenvalue weighted by molar-refractivity contribution is 5.74. The maximum atomic E-state index is 11.4. The van der Waals surface area contributed by atoms with Crippen molar-refractivity contribution in [1.29, 1.82) is 0 Å². The van der Waals surface area contributed by atoms with Crippen molar-refractivity contribution in [1.82, 2.24) is 14.2 Å². The van der Waals surface area contributed by atoms with Gasteiger partial charge in [0, 0.05) is 13.2 Å². The Bertz CT molecular complexity index is 482. The summed E-state index contributed by atoms with van der Waals surface area (Å²) in [5.41, 5.74) is 0.433. The second-order valence-corrected chi connectivity index (χ2v) is 2.62. The van der Waals surface area contributed by atoms with E-state index in [1.807, 2.05) is 0 Å². The van der Waals surface area contributed by atoms with Crippen molar-refractivity contribution in [3.8, 4) is 0 Å². The molecule has 0 aromatic carbocycles. The molecular formula is C7H8N4O. The van der Waals surface area contributed by atoms with Gasteiger partial charge in [-0.1, -0.05) is 0 Å². The summed E-state index contributed by atoms with van der Waals surface area (Å²) in [5, 5.41) is 0.544. The molecule has 0 radical (unpaired) electrons. The third-order valence-corrected chi connectivity index (χ3v) is 1.79. The van der Waals surface area contributed by atoms with Gasteiger partial charge in [-0.05, 0) is 6.07 Å². The monoisotopic (exact) mass is 164 g/mol. The Morgan fingerprint density at radius 2 is 2.33 bits per heavy atom. The number of fused-ring (bicyclic) bond motifs is 1. The molecule has 5 nitrogen and oxygen atoms in total. The topological polar surface area (TPSA) is 65.8 Å². The zero-order chi connectivity index (χ0) is 8.72. The molecule has 0 bridgehead atoms. The molecular weight excluding hydrogens is 156 g/mol. The molecule has 5 heteroatoms. The van der Waals surface area contributed by atoms with E-state index in [0.717, 1.165) is 0 Å². The molecule has 12 heavy (non-hydrogen) atoms. The number of aryl methyl sites for hydroxylation is 1. The van der Waals surface area contributed by atoms with E-state index in [9.17, 15) is 4.79 Å². The fourth-order valence-corrected chi connectivity index (χ4v) is 1.13. The number of hydrogen-bond donors (Lipinski definition) is 1. The third kappa shape index (κ3) is 0.730. The summed E-state index contributed by atoms with van der Waals surface area (Å²) in [6.07, 6.45) is 3.06. The summed E-state index contributed by atoms with van der Waals surface area (Å²) >= 11 is 0. The molecule has 2 aromatic heterocycles. The SMILES string of the molecule is Cn1cnc2c(ccn2N)c1=O. The van der Waals surface area contributed by atoms with Crippen LogP contribution in [0.4, 0.5) is 0 Å². The van der Waals surface area contributed by atoms with Crippen LogP contribution in [0.25, 0.3) is 11.0 Å². The molecule has 2 heterocycles. The molecule has 0 amide bonds. The zero-order valence-corrected chi connectivity index (χ0v) is 6.56. The Morgan fingerprint density at radius 3 is 3.08 bits per heavy atom. The molecule has 0 atom stereocenters. The van der Waals surface area contributed by atoms with Crippen LogP contribution in [0.1, 0.15) is 0 Å². The Balaban J connectivity index is 3.03. The standard InChI is InChI=1S/C7H8N4O/c1-10-4-9-6-5(7(10)12)2-3-11(6)8/h2-4H,8H2,1H3. The van der Waals surface area contributed by atoms with Crippen molar-refractivity contribution in [3.63, 3.8) is 0 Å². The first kappa shape index (κ1) is 6.90. The van der Waals surface area contributed by atoms with Gasteiger partial charge < -0.3 is 10.4 Å². The molecule has 0 aliphatic rings. The minimum atomic E-state index is -0.0794. The molecule has 0 aliphatic heterocycles. The number of hydrogen-bond acceptors (Lipinski definition) is 3. The van der Waals surface area contributed by atoms with E-state index in [2.05, 4.69) is 4.98 Å². The van der Waals surface area contributed by atoms with Crippen LogP contribution >= 0.6 is 0 Å². The van der Waals surface area contributed by atoms with Crippen molar-refractivity contribution >= 4 is 11.0 Å². The Morgan fingerprint density at radius 1 is 1.58 bits per heavy atom. The molecule has 0 aliphatic carbocycles. The van der Waals surface area contributed by atoms with Crippen LogP contribution in [0.5, 0.6) is 0 Å². The third-order valence-electron chi connectivity index (χ3n) is 1.79. The van der Waals surface area contributed by atoms with Crippen LogP contribution in [-0.4, -0.2) is 14.2 Å². The highest BCUT2D eigenvalue weighted by atomic mass is 16.1. The lowest BCUT2D eigenvalue weighted by Gasteiger charge is -1.96. The molecule has 0 unspecified atom stereocenters. The van der Waals surface area contributed by atoms with E-state index in [-0.39, 0.29) is 5.56 Å². The molecule has 2 rings (SSSR count). The van der Waals surface area contributed by atoms with Crippen molar-refractivity contribution in [2.24, 2.45) is 7.05 Å². The summed E-state index contributed by atoms with van der Waals surface area (Å²) in [6.45, 7) is 0. The summed E-state index contributed by atoms with van der Waals surface area (Å²) in [4.78, 5) is 15.4. The largest absolute Gasteiger partial charge is 0.338 e. The molecule has 2 aromatic rings. The van der Waals surface area contributed by atoms with Gasteiger partial charge in [0.1, 0.15) is 0 Å². The van der Waals surface area contributed by atoms with Crippen molar-refractivity contribution in [2.75, 3.05) is 5.84 Å². The average molecular weight is 164 g/mol. The minimum Gasteiger partial charge on any atom is -0.338 e. The Hall–Kier alpha value is -1.78. The number of rotatable bonds is 0. The highest BCUT2D eigenvalue weighted by Gasteiger charge is 2.03. The molecule has 0 spiro atoms. The Kier molecular flexibility index (Phi) is 1.21. The van der Waals surface area contributed by atoms with Crippen LogP contribution < -0.4 is 11.4 Å². The summed E-state index contributed by atoms with van der Waals surface area (Å²) in [6, 6.07) is 1.66. The average Bonchev–Trinajstić information content (AvgIpc) is 2.41. The maximum Gasteiger partial charge on any atom is 0.262 e. The minimum absolute atomic E-state index is 0.0794. The lowest BCUT2D eigenvalue weighted by molar-refractivity contribution is 0.837. The predicted molar refractivity (Wildman–Crippen MR) is 45.1 cm³/mol. The van der Waals surface area contributed by atoms with E-state index in [1.54, 1.807) is 19.3 Å². The van der Waals surface area contributed by atoms with Crippen LogP contribution in [0.2, 0.25) is 0 Å². The Labute approximate surface area is 68.0 Å². The summed E-state index contributed by atoms with van der Waals surface area (Å²) < 4.78 is 2.75. The second-order valence-electron chi connectivity index (χ2n) is 2.62. The van der Waals surface area contributed by atoms with Crippen molar-refractivity contribution in [3.05, 3.63) is 28.9 Å². The lowest BCUT2D eigenvalue weighted by atomic mass is 10.4. The van der Waals surface area contributed by atoms with E-state index < -0.39 is 0 Å². The van der Waals surface area contributed by atoms with E-state index >= 15 is 0 Å². The van der Waals surface area contributed by atoms with Gasteiger partial charge in [0.15, 0.2) is 5.65 Å². The van der Waals surface area contributed by atoms with Crippen LogP contribution in [0.15, 0.2) is 23.4 Å². The second kappa shape index (κ2) is 2.10. The van der Waals surface area contributed by atoms with Gasteiger partial charge in [0.25, 0.3) is 5.56 Å². The van der Waals surface area contributed by atoms with Gasteiger partial charge in [0.05, 0.1) is 11.7 Å². The predicted octanol–water partition coefficient (Wildman–Crippen LogP) is -0.551. The van der Waals surface area contributed by atoms with E-state index in [4.69, 9.17) is 5.84 Å². The molecule has 2 N–H and O–H groups in total. The van der Waals surface area contributed by atoms with Gasteiger partial charge in [-0.3, -0.25) is 9.47 Å². The smallest absolute Gasteiger partial charge is 0.262 e. The summed E-state index contributed by atoms with van der Waals surface area (Å²) in [5.74, 6) is 5.50. The molecule has 62 valence electrons. The van der Waals surface area contributed by atoms with Crippen molar-refractivity contribution in [2.45, 2.75) is 0 Å². The molecule has 0 fully saturated rings. The van der Waals surface area contributed by atoms with Gasteiger partial charge in [-0.25, -0.2) is 4.98 Å². The highest BCUT2D eigenvalue weighted by Crippen LogP contribution is 2.03. The van der Waals surface area contributed by atoms with Crippen LogP contribution in [0, 0.1) is 0 Å². The number of nitrogens with zero attached hydrogens (tertiary/aromatic N) is 3. The van der Waals surface area contributed by atoms with Crippen LogP contribution in [0.3, 0.4) is 0 Å². The van der Waals surface area contributed by atoms with Gasteiger partial charge in [-0.2, -0.15) is 0 Å². The first-order valence-corrected chi connectivity index (χ1v) is 3.48. The van der Waals surface area contributed by atoms with Crippen molar-refractivity contribution < 1.29 is 0 Å². The molecule has 0 saturated heterocycles. The maximum absolute atomic E-state index is 11.4. The van der Waals surface area contributed by atoms with Gasteiger partial charge in [-0.15, -0.1) is 0 Å². The normalized spacial score (nSPS) is 10.8. The zero-order valence-electron chi connectivity index (χ0n) is 6.56. The number of nitrogens with two attached hydrogens (primary N) is 1.